The van der Waals surface area contributed by atoms with Gasteiger partial charge in [0.25, 0.3) is 0 Å². The number of aromatic nitrogens is 2. The molecule has 0 atom stereocenters. The molecule has 0 radical (unpaired) electrons. The van der Waals surface area contributed by atoms with E-state index in [4.69, 9.17) is 4.52 Å². The molecule has 1 N–H and O–H groups in total. The lowest BCUT2D eigenvalue weighted by Crippen LogP contribution is -2.13. The fourth-order valence-electron chi connectivity index (χ4n) is 2.49. The van der Waals surface area contributed by atoms with Crippen LogP contribution in [0.2, 0.25) is 0 Å². The largest absolute Gasteiger partial charge is 0.338 e. The molecule has 1 aliphatic rings. The first-order valence-corrected chi connectivity index (χ1v) is 6.30. The highest BCUT2D eigenvalue weighted by atomic mass is 16.5. The highest BCUT2D eigenvalue weighted by Crippen LogP contribution is 2.35. The van der Waals surface area contributed by atoms with Crippen LogP contribution in [0, 0.1) is 5.92 Å². The molecule has 4 heteroatoms. The van der Waals surface area contributed by atoms with Gasteiger partial charge in [-0.15, -0.1) is 0 Å². The van der Waals surface area contributed by atoms with Gasteiger partial charge in [0.1, 0.15) is 0 Å². The van der Waals surface area contributed by atoms with Crippen molar-refractivity contribution in [3.8, 4) is 0 Å². The van der Waals surface area contributed by atoms with Gasteiger partial charge in [0.2, 0.25) is 5.89 Å². The second-order valence-corrected chi connectivity index (χ2v) is 4.70. The van der Waals surface area contributed by atoms with Crippen molar-refractivity contribution in [2.45, 2.75) is 51.5 Å². The predicted molar refractivity (Wildman–Crippen MR) is 62.1 cm³/mol. The molecule has 1 saturated carbocycles. The number of hydrogen-bond acceptors (Lipinski definition) is 4. The quantitative estimate of drug-likeness (QED) is 0.852. The Morgan fingerprint density at radius 3 is 2.69 bits per heavy atom. The van der Waals surface area contributed by atoms with Gasteiger partial charge in [-0.25, -0.2) is 0 Å². The molecule has 2 rings (SSSR count). The molecule has 0 aromatic carbocycles. The average Bonchev–Trinajstić information content (AvgIpc) is 2.78. The number of nitrogens with zero attached hydrogens (tertiary/aromatic N) is 2. The Kier molecular flexibility index (Phi) is 3.93. The summed E-state index contributed by atoms with van der Waals surface area (Å²) in [5.41, 5.74) is 0. The van der Waals surface area contributed by atoms with Gasteiger partial charge in [-0.05, 0) is 38.6 Å². The van der Waals surface area contributed by atoms with Crippen LogP contribution in [0.3, 0.4) is 0 Å². The van der Waals surface area contributed by atoms with E-state index in [0.29, 0.717) is 18.4 Å². The van der Waals surface area contributed by atoms with E-state index >= 15 is 0 Å². The molecule has 0 bridgehead atoms. The van der Waals surface area contributed by atoms with E-state index in [0.717, 1.165) is 11.7 Å². The van der Waals surface area contributed by atoms with Crippen molar-refractivity contribution in [3.63, 3.8) is 0 Å². The van der Waals surface area contributed by atoms with Crippen LogP contribution in [0.5, 0.6) is 0 Å². The van der Waals surface area contributed by atoms with Crippen LogP contribution in [0.25, 0.3) is 0 Å². The summed E-state index contributed by atoms with van der Waals surface area (Å²) in [4.78, 5) is 4.43. The Morgan fingerprint density at radius 2 is 2.06 bits per heavy atom. The molecular formula is C12H21N3O. The van der Waals surface area contributed by atoms with Crippen LogP contribution in [0.15, 0.2) is 4.52 Å². The molecule has 4 nitrogen and oxygen atoms in total. The lowest BCUT2D eigenvalue weighted by molar-refractivity contribution is 0.302. The monoisotopic (exact) mass is 223 g/mol. The molecule has 0 aliphatic heterocycles. The second-order valence-electron chi connectivity index (χ2n) is 4.70. The van der Waals surface area contributed by atoms with Crippen LogP contribution < -0.4 is 5.32 Å². The zero-order valence-electron chi connectivity index (χ0n) is 10.2. The minimum Gasteiger partial charge on any atom is -0.338 e. The smallest absolute Gasteiger partial charge is 0.240 e. The first kappa shape index (κ1) is 11.6. The fourth-order valence-corrected chi connectivity index (χ4v) is 2.49. The molecule has 1 aromatic heterocycles. The molecule has 1 fully saturated rings. The van der Waals surface area contributed by atoms with E-state index in [2.05, 4.69) is 22.4 Å². The van der Waals surface area contributed by atoms with Crippen molar-refractivity contribution in [1.29, 1.82) is 0 Å². The third-order valence-corrected chi connectivity index (χ3v) is 3.60. The molecule has 1 aromatic rings. The maximum absolute atomic E-state index is 5.19. The molecule has 16 heavy (non-hydrogen) atoms. The van der Waals surface area contributed by atoms with Crippen LogP contribution in [0.1, 0.15) is 56.7 Å². The molecule has 0 amide bonds. The summed E-state index contributed by atoms with van der Waals surface area (Å²) in [5, 5.41) is 7.10. The predicted octanol–water partition coefficient (Wildman–Crippen LogP) is 2.47. The van der Waals surface area contributed by atoms with Crippen molar-refractivity contribution < 1.29 is 4.52 Å². The van der Waals surface area contributed by atoms with Crippen LogP contribution >= 0.6 is 0 Å². The number of hydrogen-bond donors (Lipinski definition) is 1. The van der Waals surface area contributed by atoms with Crippen molar-refractivity contribution in [2.75, 3.05) is 7.05 Å². The Bertz CT molecular complexity index is 316. The topological polar surface area (TPSA) is 51.0 Å². The van der Waals surface area contributed by atoms with Gasteiger partial charge in [0.15, 0.2) is 5.82 Å². The summed E-state index contributed by atoms with van der Waals surface area (Å²) in [5.74, 6) is 3.06. The molecule has 1 heterocycles. The van der Waals surface area contributed by atoms with Crippen LogP contribution in [-0.2, 0) is 6.54 Å². The van der Waals surface area contributed by atoms with Crippen molar-refractivity contribution >= 4 is 0 Å². The van der Waals surface area contributed by atoms with Gasteiger partial charge in [-0.1, -0.05) is 18.5 Å². The summed E-state index contributed by atoms with van der Waals surface area (Å²) in [6, 6.07) is 0. The van der Waals surface area contributed by atoms with Crippen LogP contribution in [-0.4, -0.2) is 17.2 Å². The maximum atomic E-state index is 5.19. The van der Waals surface area contributed by atoms with Gasteiger partial charge in [-0.2, -0.15) is 4.98 Å². The lowest BCUT2D eigenvalue weighted by Gasteiger charge is -2.25. The molecule has 0 unspecified atom stereocenters. The fraction of sp³-hybridized carbons (Fsp3) is 0.833. The number of nitrogens with one attached hydrogen (secondary N) is 1. The average molecular weight is 223 g/mol. The first-order valence-electron chi connectivity index (χ1n) is 6.30. The third kappa shape index (κ3) is 2.61. The van der Waals surface area contributed by atoms with Crippen molar-refractivity contribution in [1.82, 2.24) is 15.5 Å². The summed E-state index contributed by atoms with van der Waals surface area (Å²) in [7, 11) is 1.89. The van der Waals surface area contributed by atoms with Gasteiger partial charge in [-0.3, -0.25) is 0 Å². The summed E-state index contributed by atoms with van der Waals surface area (Å²) in [6.45, 7) is 2.95. The van der Waals surface area contributed by atoms with E-state index in [9.17, 15) is 0 Å². The highest BCUT2D eigenvalue weighted by Gasteiger charge is 2.24. The Labute approximate surface area is 96.8 Å². The van der Waals surface area contributed by atoms with Gasteiger partial charge in [0, 0.05) is 5.92 Å². The third-order valence-electron chi connectivity index (χ3n) is 3.60. The summed E-state index contributed by atoms with van der Waals surface area (Å²) in [6.07, 6.45) is 6.38. The molecule has 1 aliphatic carbocycles. The van der Waals surface area contributed by atoms with E-state index in [1.54, 1.807) is 0 Å². The second kappa shape index (κ2) is 5.43. The van der Waals surface area contributed by atoms with E-state index in [1.807, 2.05) is 7.05 Å². The van der Waals surface area contributed by atoms with E-state index in [1.165, 1.54) is 32.1 Å². The summed E-state index contributed by atoms with van der Waals surface area (Å²) >= 11 is 0. The maximum Gasteiger partial charge on any atom is 0.240 e. The number of rotatable bonds is 4. The Hall–Kier alpha value is -0.900. The minimum atomic E-state index is 0.525. The lowest BCUT2D eigenvalue weighted by atomic mass is 9.80. The zero-order chi connectivity index (χ0) is 11.4. The first-order chi connectivity index (χ1) is 7.83. The van der Waals surface area contributed by atoms with E-state index < -0.39 is 0 Å². The standard InChI is InChI=1S/C12H21N3O/c1-3-9-4-6-10(7-5-9)12-14-11(8-13-2)16-15-12/h9-10,13H,3-8H2,1-2H3. The molecule has 0 spiro atoms. The van der Waals surface area contributed by atoms with Gasteiger partial charge >= 0.3 is 0 Å². The van der Waals surface area contributed by atoms with Crippen molar-refractivity contribution in [3.05, 3.63) is 11.7 Å². The normalized spacial score (nSPS) is 25.9. The highest BCUT2D eigenvalue weighted by molar-refractivity contribution is 4.97. The zero-order valence-corrected chi connectivity index (χ0v) is 10.2. The SMILES string of the molecule is CCC1CCC(c2noc(CNC)n2)CC1. The van der Waals surface area contributed by atoms with Gasteiger partial charge in [0.05, 0.1) is 6.54 Å². The Morgan fingerprint density at radius 1 is 1.31 bits per heavy atom. The van der Waals surface area contributed by atoms with Gasteiger partial charge < -0.3 is 9.84 Å². The Balaban J connectivity index is 1.92. The molecule has 0 saturated heterocycles. The van der Waals surface area contributed by atoms with Crippen LogP contribution in [0.4, 0.5) is 0 Å². The molecule has 90 valence electrons. The van der Waals surface area contributed by atoms with E-state index in [-0.39, 0.29) is 0 Å². The minimum absolute atomic E-state index is 0.525. The summed E-state index contributed by atoms with van der Waals surface area (Å²) < 4.78 is 5.19. The molecular weight excluding hydrogens is 202 g/mol. The van der Waals surface area contributed by atoms with Crippen molar-refractivity contribution in [2.24, 2.45) is 5.92 Å².